The lowest BCUT2D eigenvalue weighted by atomic mass is 10.0. The van der Waals surface area contributed by atoms with Crippen molar-refractivity contribution in [1.29, 1.82) is 0 Å². The maximum absolute atomic E-state index is 11.9. The van der Waals surface area contributed by atoms with Crippen molar-refractivity contribution in [3.8, 4) is 0 Å². The predicted molar refractivity (Wildman–Crippen MR) is 76.9 cm³/mol. The average Bonchev–Trinajstić information content (AvgIpc) is 2.32. The second-order valence-corrected chi connectivity index (χ2v) is 5.22. The molecule has 0 spiro atoms. The first-order valence-electron chi connectivity index (χ1n) is 6.01. The maximum Gasteiger partial charge on any atom is 0.308 e. The molecule has 1 aromatic carbocycles. The molecule has 1 rings (SSSR count). The topological polar surface area (TPSA) is 92.4 Å². The Bertz CT molecular complexity index is 457. The molecule has 0 saturated carbocycles. The third-order valence-electron chi connectivity index (χ3n) is 2.68. The Morgan fingerprint density at radius 1 is 1.42 bits per heavy atom. The number of carbonyl (C=O) groups excluding carboxylic acids is 1. The van der Waals surface area contributed by atoms with Gasteiger partial charge in [0.15, 0.2) is 0 Å². The van der Waals surface area contributed by atoms with Gasteiger partial charge < -0.3 is 16.2 Å². The summed E-state index contributed by atoms with van der Waals surface area (Å²) in [6.07, 6.45) is 1.30. The summed E-state index contributed by atoms with van der Waals surface area (Å²) in [5.74, 6) is -1.77. The highest BCUT2D eigenvalue weighted by Crippen LogP contribution is 2.17. The fraction of sp³-hybridized carbons (Fsp3) is 0.385. The van der Waals surface area contributed by atoms with Crippen LogP contribution in [0.1, 0.15) is 30.1 Å². The van der Waals surface area contributed by atoms with Crippen molar-refractivity contribution in [3.05, 3.63) is 28.2 Å². The molecule has 0 saturated heterocycles. The van der Waals surface area contributed by atoms with Crippen molar-refractivity contribution in [1.82, 2.24) is 5.32 Å². The Morgan fingerprint density at radius 3 is 2.63 bits per heavy atom. The number of rotatable bonds is 6. The average molecular weight is 329 g/mol. The molecule has 0 fully saturated rings. The Hall–Kier alpha value is -1.56. The van der Waals surface area contributed by atoms with Crippen LogP contribution < -0.4 is 11.1 Å². The second-order valence-electron chi connectivity index (χ2n) is 4.31. The number of aliphatic carboxylic acids is 1. The number of halogens is 1. The zero-order valence-corrected chi connectivity index (χ0v) is 12.2. The molecule has 1 amide bonds. The summed E-state index contributed by atoms with van der Waals surface area (Å²) in [5.41, 5.74) is 6.53. The van der Waals surface area contributed by atoms with E-state index in [4.69, 9.17) is 10.8 Å². The number of amides is 1. The van der Waals surface area contributed by atoms with E-state index in [1.54, 1.807) is 18.2 Å². The minimum absolute atomic E-state index is 0.119. The van der Waals surface area contributed by atoms with Crippen molar-refractivity contribution in [2.24, 2.45) is 5.92 Å². The van der Waals surface area contributed by atoms with E-state index in [0.717, 1.165) is 6.42 Å². The fourth-order valence-electron chi connectivity index (χ4n) is 1.72. The van der Waals surface area contributed by atoms with Crippen LogP contribution in [-0.2, 0) is 4.79 Å². The molecule has 104 valence electrons. The molecule has 19 heavy (non-hydrogen) atoms. The van der Waals surface area contributed by atoms with E-state index in [-0.39, 0.29) is 12.5 Å². The Balaban J connectivity index is 2.66. The molecule has 6 heteroatoms. The van der Waals surface area contributed by atoms with E-state index in [1.807, 2.05) is 6.92 Å². The molecule has 1 unspecified atom stereocenters. The van der Waals surface area contributed by atoms with Gasteiger partial charge in [-0.2, -0.15) is 0 Å². The molecule has 1 aromatic rings. The van der Waals surface area contributed by atoms with Crippen molar-refractivity contribution in [2.45, 2.75) is 19.8 Å². The van der Waals surface area contributed by atoms with Crippen LogP contribution >= 0.6 is 15.9 Å². The quantitative estimate of drug-likeness (QED) is 0.698. The molecule has 0 aromatic heterocycles. The van der Waals surface area contributed by atoms with Crippen LogP contribution in [0, 0.1) is 5.92 Å². The van der Waals surface area contributed by atoms with Gasteiger partial charge in [-0.25, -0.2) is 0 Å². The van der Waals surface area contributed by atoms with E-state index in [2.05, 4.69) is 21.2 Å². The normalized spacial score (nSPS) is 11.9. The fourth-order valence-corrected chi connectivity index (χ4v) is 2.23. The van der Waals surface area contributed by atoms with E-state index in [1.165, 1.54) is 0 Å². The van der Waals surface area contributed by atoms with Gasteiger partial charge in [0.25, 0.3) is 5.91 Å². The third-order valence-corrected chi connectivity index (χ3v) is 3.14. The zero-order valence-electron chi connectivity index (χ0n) is 10.6. The summed E-state index contributed by atoms with van der Waals surface area (Å²) >= 11 is 3.26. The molecule has 0 aliphatic rings. The predicted octanol–water partition coefficient (Wildman–Crippen LogP) is 2.26. The second kappa shape index (κ2) is 7.13. The van der Waals surface area contributed by atoms with Crippen LogP contribution in [0.25, 0.3) is 0 Å². The standard InChI is InChI=1S/C13H17BrN2O3/c1-2-3-8(13(18)19)7-16-12(17)9-4-10(14)6-11(15)5-9/h4-6,8H,2-3,7,15H2,1H3,(H,16,17)(H,18,19). The van der Waals surface area contributed by atoms with Crippen LogP contribution in [0.15, 0.2) is 22.7 Å². The largest absolute Gasteiger partial charge is 0.481 e. The molecule has 0 aliphatic heterocycles. The minimum Gasteiger partial charge on any atom is -0.481 e. The molecule has 0 heterocycles. The number of carboxylic acid groups (broad SMARTS) is 1. The SMILES string of the molecule is CCCC(CNC(=O)c1cc(N)cc(Br)c1)C(=O)O. The van der Waals surface area contributed by atoms with E-state index in [9.17, 15) is 9.59 Å². The van der Waals surface area contributed by atoms with E-state index < -0.39 is 11.9 Å². The number of hydrogen-bond donors (Lipinski definition) is 3. The van der Waals surface area contributed by atoms with Gasteiger partial charge in [0.05, 0.1) is 5.92 Å². The summed E-state index contributed by atoms with van der Waals surface area (Å²) in [5, 5.41) is 11.6. The first-order valence-corrected chi connectivity index (χ1v) is 6.80. The molecular weight excluding hydrogens is 312 g/mol. The molecule has 0 radical (unpaired) electrons. The number of nitrogens with one attached hydrogen (secondary N) is 1. The van der Waals surface area contributed by atoms with Gasteiger partial charge >= 0.3 is 5.97 Å². The molecule has 0 aliphatic carbocycles. The monoisotopic (exact) mass is 328 g/mol. The number of benzene rings is 1. The van der Waals surface area contributed by atoms with Crippen molar-refractivity contribution in [3.63, 3.8) is 0 Å². The molecule has 4 N–H and O–H groups in total. The van der Waals surface area contributed by atoms with Gasteiger partial charge in [0, 0.05) is 22.3 Å². The van der Waals surface area contributed by atoms with Gasteiger partial charge in [-0.15, -0.1) is 0 Å². The van der Waals surface area contributed by atoms with Crippen LogP contribution in [0.5, 0.6) is 0 Å². The smallest absolute Gasteiger partial charge is 0.308 e. The summed E-state index contributed by atoms with van der Waals surface area (Å²) in [7, 11) is 0. The minimum atomic E-state index is -0.893. The highest BCUT2D eigenvalue weighted by molar-refractivity contribution is 9.10. The number of hydrogen-bond acceptors (Lipinski definition) is 3. The molecule has 0 bridgehead atoms. The van der Waals surface area contributed by atoms with E-state index in [0.29, 0.717) is 22.1 Å². The van der Waals surface area contributed by atoms with E-state index >= 15 is 0 Å². The van der Waals surface area contributed by atoms with Crippen molar-refractivity contribution in [2.75, 3.05) is 12.3 Å². The van der Waals surface area contributed by atoms with Gasteiger partial charge in [-0.05, 0) is 24.6 Å². The van der Waals surface area contributed by atoms with Crippen molar-refractivity contribution < 1.29 is 14.7 Å². The molecule has 1 atom stereocenters. The first-order chi connectivity index (χ1) is 8.93. The first kappa shape index (κ1) is 15.5. The Morgan fingerprint density at radius 2 is 2.11 bits per heavy atom. The van der Waals surface area contributed by atoms with Crippen LogP contribution in [0.2, 0.25) is 0 Å². The van der Waals surface area contributed by atoms with Crippen molar-refractivity contribution >= 4 is 33.5 Å². The lowest BCUT2D eigenvalue weighted by Gasteiger charge is -2.12. The van der Waals surface area contributed by atoms with Gasteiger partial charge in [-0.1, -0.05) is 29.3 Å². The number of anilines is 1. The zero-order chi connectivity index (χ0) is 14.4. The Kier molecular flexibility index (Phi) is 5.82. The highest BCUT2D eigenvalue weighted by Gasteiger charge is 2.17. The highest BCUT2D eigenvalue weighted by atomic mass is 79.9. The number of nitrogen functional groups attached to an aromatic ring is 1. The van der Waals surface area contributed by atoms with Crippen LogP contribution in [0.4, 0.5) is 5.69 Å². The number of nitrogens with two attached hydrogens (primary N) is 1. The number of carboxylic acids is 1. The van der Waals surface area contributed by atoms with Crippen LogP contribution in [-0.4, -0.2) is 23.5 Å². The van der Waals surface area contributed by atoms with Gasteiger partial charge in [-0.3, -0.25) is 9.59 Å². The molecular formula is C13H17BrN2O3. The van der Waals surface area contributed by atoms with Crippen LogP contribution in [0.3, 0.4) is 0 Å². The molecule has 5 nitrogen and oxygen atoms in total. The third kappa shape index (κ3) is 4.90. The summed E-state index contributed by atoms with van der Waals surface area (Å²) < 4.78 is 0.709. The Labute approximate surface area is 120 Å². The summed E-state index contributed by atoms with van der Waals surface area (Å²) in [6.45, 7) is 2.03. The van der Waals surface area contributed by atoms with Gasteiger partial charge in [0.2, 0.25) is 0 Å². The maximum atomic E-state index is 11.9. The lowest BCUT2D eigenvalue weighted by Crippen LogP contribution is -2.32. The lowest BCUT2D eigenvalue weighted by molar-refractivity contribution is -0.141. The summed E-state index contributed by atoms with van der Waals surface area (Å²) in [4.78, 5) is 22.9. The number of carbonyl (C=O) groups is 2. The van der Waals surface area contributed by atoms with Gasteiger partial charge in [0.1, 0.15) is 0 Å². The summed E-state index contributed by atoms with van der Waals surface area (Å²) in [6, 6.07) is 4.88.